The molecule has 2 heterocycles. The van der Waals surface area contributed by atoms with Crippen molar-refractivity contribution in [2.75, 3.05) is 6.54 Å². The van der Waals surface area contributed by atoms with Gasteiger partial charge in [0.1, 0.15) is 6.04 Å². The number of carbonyl (C=O) groups excluding carboxylic acids is 1. The molecular formula is C12H17N3O4. The Bertz CT molecular complexity index is 492. The number of aliphatic hydroxyl groups excluding tert-OH is 1. The second kappa shape index (κ2) is 5.00. The number of likely N-dealkylation sites (tertiary alicyclic amines) is 1. The summed E-state index contributed by atoms with van der Waals surface area (Å²) in [6, 6.07) is -0.935. The fraction of sp³-hybridized carbons (Fsp3) is 0.583. The van der Waals surface area contributed by atoms with E-state index in [1.165, 1.54) is 4.90 Å². The number of hydrogen-bond acceptors (Lipinski definition) is 4. The molecule has 1 fully saturated rings. The third kappa shape index (κ3) is 2.60. The number of aromatic nitrogens is 2. The number of aromatic amines is 1. The number of carboxylic acids is 1. The van der Waals surface area contributed by atoms with Crippen LogP contribution < -0.4 is 0 Å². The van der Waals surface area contributed by atoms with E-state index in [2.05, 4.69) is 10.2 Å². The predicted molar refractivity (Wildman–Crippen MR) is 65.5 cm³/mol. The van der Waals surface area contributed by atoms with Crippen molar-refractivity contribution in [1.82, 2.24) is 15.1 Å². The Hall–Kier alpha value is -1.89. The van der Waals surface area contributed by atoms with Crippen LogP contribution in [0.2, 0.25) is 0 Å². The largest absolute Gasteiger partial charge is 0.480 e. The van der Waals surface area contributed by atoms with Crippen molar-refractivity contribution in [3.05, 3.63) is 17.0 Å². The molecule has 1 aromatic heterocycles. The molecule has 1 aliphatic rings. The highest BCUT2D eigenvalue weighted by Crippen LogP contribution is 2.20. The quantitative estimate of drug-likeness (QED) is 0.692. The monoisotopic (exact) mass is 267 g/mol. The first kappa shape index (κ1) is 13.5. The SMILES string of the molecule is Cc1n[nH]c(C)c1CC(=O)N1C[C@H](O)C[C@@H]1C(=O)O. The summed E-state index contributed by atoms with van der Waals surface area (Å²) < 4.78 is 0. The summed E-state index contributed by atoms with van der Waals surface area (Å²) in [7, 11) is 0. The van der Waals surface area contributed by atoms with Crippen LogP contribution in [0.1, 0.15) is 23.4 Å². The first-order chi connectivity index (χ1) is 8.90. The maximum Gasteiger partial charge on any atom is 0.326 e. The van der Waals surface area contributed by atoms with Gasteiger partial charge in [-0.3, -0.25) is 9.89 Å². The molecule has 0 aromatic carbocycles. The molecule has 0 unspecified atom stereocenters. The maximum absolute atomic E-state index is 12.2. The summed E-state index contributed by atoms with van der Waals surface area (Å²) in [4.78, 5) is 24.5. The van der Waals surface area contributed by atoms with Gasteiger partial charge in [-0.15, -0.1) is 0 Å². The van der Waals surface area contributed by atoms with Crippen molar-refractivity contribution in [2.24, 2.45) is 0 Å². The van der Waals surface area contributed by atoms with E-state index in [1.54, 1.807) is 6.92 Å². The van der Waals surface area contributed by atoms with Crippen LogP contribution in [0.3, 0.4) is 0 Å². The molecule has 7 nitrogen and oxygen atoms in total. The fourth-order valence-corrected chi connectivity index (χ4v) is 2.41. The molecular weight excluding hydrogens is 250 g/mol. The molecule has 0 radical (unpaired) electrons. The third-order valence-electron chi connectivity index (χ3n) is 3.49. The van der Waals surface area contributed by atoms with Gasteiger partial charge in [-0.25, -0.2) is 4.79 Å². The highest BCUT2D eigenvalue weighted by atomic mass is 16.4. The van der Waals surface area contributed by atoms with Crippen LogP contribution in [0.15, 0.2) is 0 Å². The van der Waals surface area contributed by atoms with Gasteiger partial charge in [0.2, 0.25) is 5.91 Å². The van der Waals surface area contributed by atoms with E-state index in [0.717, 1.165) is 17.0 Å². The number of aliphatic hydroxyl groups is 1. The summed E-state index contributed by atoms with van der Waals surface area (Å²) in [6.45, 7) is 3.68. The lowest BCUT2D eigenvalue weighted by Crippen LogP contribution is -2.41. The molecule has 0 aliphatic carbocycles. The Labute approximate surface area is 110 Å². The van der Waals surface area contributed by atoms with Crippen LogP contribution in [0.4, 0.5) is 0 Å². The van der Waals surface area contributed by atoms with Crippen molar-refractivity contribution in [2.45, 2.75) is 38.8 Å². The highest BCUT2D eigenvalue weighted by Gasteiger charge is 2.38. The Kier molecular flexibility index (Phi) is 3.57. The van der Waals surface area contributed by atoms with E-state index in [0.29, 0.717) is 0 Å². The van der Waals surface area contributed by atoms with Crippen LogP contribution in [0.5, 0.6) is 0 Å². The molecule has 1 aromatic rings. The Morgan fingerprint density at radius 3 is 2.68 bits per heavy atom. The van der Waals surface area contributed by atoms with Crippen molar-refractivity contribution < 1.29 is 19.8 Å². The van der Waals surface area contributed by atoms with E-state index >= 15 is 0 Å². The van der Waals surface area contributed by atoms with Gasteiger partial charge >= 0.3 is 5.97 Å². The van der Waals surface area contributed by atoms with E-state index in [4.69, 9.17) is 5.11 Å². The van der Waals surface area contributed by atoms with Crippen LogP contribution in [-0.2, 0) is 16.0 Å². The van der Waals surface area contributed by atoms with Crippen molar-refractivity contribution in [3.8, 4) is 0 Å². The first-order valence-corrected chi connectivity index (χ1v) is 6.11. The van der Waals surface area contributed by atoms with Crippen LogP contribution in [0, 0.1) is 13.8 Å². The van der Waals surface area contributed by atoms with E-state index in [1.807, 2.05) is 6.92 Å². The molecule has 2 rings (SSSR count). The molecule has 104 valence electrons. The summed E-state index contributed by atoms with van der Waals surface area (Å²) in [5.41, 5.74) is 2.32. The van der Waals surface area contributed by atoms with Crippen molar-refractivity contribution >= 4 is 11.9 Å². The summed E-state index contributed by atoms with van der Waals surface area (Å²) in [6.07, 6.45) is -0.577. The molecule has 0 spiro atoms. The molecule has 1 aliphatic heterocycles. The second-order valence-electron chi connectivity index (χ2n) is 4.88. The third-order valence-corrected chi connectivity index (χ3v) is 3.49. The minimum absolute atomic E-state index is 0.0751. The lowest BCUT2D eigenvalue weighted by atomic mass is 10.1. The molecule has 1 amide bonds. The lowest BCUT2D eigenvalue weighted by molar-refractivity contribution is -0.148. The molecule has 3 N–H and O–H groups in total. The lowest BCUT2D eigenvalue weighted by Gasteiger charge is -2.21. The maximum atomic E-state index is 12.2. The van der Waals surface area contributed by atoms with Gasteiger partial charge in [0, 0.05) is 24.2 Å². The van der Waals surface area contributed by atoms with Gasteiger partial charge in [0.05, 0.1) is 18.2 Å². The number of hydrogen-bond donors (Lipinski definition) is 3. The van der Waals surface area contributed by atoms with Crippen molar-refractivity contribution in [1.29, 1.82) is 0 Å². The summed E-state index contributed by atoms with van der Waals surface area (Å²) >= 11 is 0. The molecule has 0 bridgehead atoms. The molecule has 1 saturated heterocycles. The standard InChI is InChI=1S/C12H17N3O4/c1-6-9(7(2)14-13-6)4-11(17)15-5-8(16)3-10(15)12(18)19/h8,10,16H,3-5H2,1-2H3,(H,13,14)(H,18,19)/t8-,10-/m1/s1. The summed E-state index contributed by atoms with van der Waals surface area (Å²) in [5, 5.41) is 25.4. The number of nitrogens with one attached hydrogen (secondary N) is 1. The van der Waals surface area contributed by atoms with Gasteiger partial charge in [0.15, 0.2) is 0 Å². The van der Waals surface area contributed by atoms with Gasteiger partial charge in [-0.05, 0) is 13.8 Å². The second-order valence-corrected chi connectivity index (χ2v) is 4.88. The van der Waals surface area contributed by atoms with Gasteiger partial charge in [-0.1, -0.05) is 0 Å². The normalized spacial score (nSPS) is 22.8. The Morgan fingerprint density at radius 1 is 1.47 bits per heavy atom. The van der Waals surface area contributed by atoms with E-state index in [-0.39, 0.29) is 25.3 Å². The molecule has 7 heteroatoms. The van der Waals surface area contributed by atoms with Gasteiger partial charge < -0.3 is 15.1 Å². The highest BCUT2D eigenvalue weighted by molar-refractivity contribution is 5.86. The molecule has 19 heavy (non-hydrogen) atoms. The fourth-order valence-electron chi connectivity index (χ4n) is 2.41. The number of carboxylic acid groups (broad SMARTS) is 1. The number of nitrogens with zero attached hydrogens (tertiary/aromatic N) is 2. The topological polar surface area (TPSA) is 107 Å². The van der Waals surface area contributed by atoms with Crippen molar-refractivity contribution in [3.63, 3.8) is 0 Å². The smallest absolute Gasteiger partial charge is 0.326 e. The zero-order valence-electron chi connectivity index (χ0n) is 10.9. The minimum Gasteiger partial charge on any atom is -0.480 e. The molecule has 0 saturated carbocycles. The Morgan fingerprint density at radius 2 is 2.16 bits per heavy atom. The van der Waals surface area contributed by atoms with Gasteiger partial charge in [0.25, 0.3) is 0 Å². The average Bonchev–Trinajstić information content (AvgIpc) is 2.87. The van der Waals surface area contributed by atoms with Crippen LogP contribution in [0.25, 0.3) is 0 Å². The number of amides is 1. The van der Waals surface area contributed by atoms with Crippen LogP contribution in [-0.4, -0.2) is 55.9 Å². The average molecular weight is 267 g/mol. The number of β-amino-alcohol motifs (C(OH)–C–C–N with tert-alkyl or cyclic N) is 1. The minimum atomic E-state index is -1.08. The Balaban J connectivity index is 2.13. The zero-order valence-corrected chi connectivity index (χ0v) is 10.9. The number of rotatable bonds is 3. The number of H-pyrrole nitrogens is 1. The number of aliphatic carboxylic acids is 1. The zero-order chi connectivity index (χ0) is 14.2. The molecule has 2 atom stereocenters. The van der Waals surface area contributed by atoms with Crippen LogP contribution >= 0.6 is 0 Å². The number of carbonyl (C=O) groups is 2. The van der Waals surface area contributed by atoms with Gasteiger partial charge in [-0.2, -0.15) is 5.10 Å². The predicted octanol–water partition coefficient (Wildman–Crippen LogP) is -0.385. The summed E-state index contributed by atoms with van der Waals surface area (Å²) in [5.74, 6) is -1.37. The van der Waals surface area contributed by atoms with E-state index < -0.39 is 18.1 Å². The first-order valence-electron chi connectivity index (χ1n) is 6.11. The van der Waals surface area contributed by atoms with E-state index in [9.17, 15) is 14.7 Å². The number of aryl methyl sites for hydroxylation is 2.